The van der Waals surface area contributed by atoms with Crippen LogP contribution in [0.2, 0.25) is 5.02 Å². The fourth-order valence-corrected chi connectivity index (χ4v) is 2.68. The summed E-state index contributed by atoms with van der Waals surface area (Å²) >= 11 is 5.96. The average Bonchev–Trinajstić information content (AvgIpc) is 2.64. The van der Waals surface area contributed by atoms with Crippen LogP contribution in [0.4, 0.5) is 5.69 Å². The van der Waals surface area contributed by atoms with Crippen LogP contribution < -0.4 is 5.32 Å². The normalized spacial score (nSPS) is 11.8. The van der Waals surface area contributed by atoms with Crippen LogP contribution in [0.25, 0.3) is 10.9 Å². The van der Waals surface area contributed by atoms with E-state index in [9.17, 15) is 9.59 Å². The molecule has 0 fully saturated rings. The maximum atomic E-state index is 12.5. The lowest BCUT2D eigenvalue weighted by atomic mass is 10.1. The smallest absolute Gasteiger partial charge is 0.341 e. The van der Waals surface area contributed by atoms with Crippen LogP contribution >= 0.6 is 11.6 Å². The van der Waals surface area contributed by atoms with Gasteiger partial charge in [-0.25, -0.2) is 4.79 Å². The summed E-state index contributed by atoms with van der Waals surface area (Å²) in [6.45, 7) is 3.37. The molecule has 3 aromatic rings. The van der Waals surface area contributed by atoms with E-state index in [-0.39, 0.29) is 0 Å². The third-order valence-corrected chi connectivity index (χ3v) is 4.20. The van der Waals surface area contributed by atoms with Gasteiger partial charge in [0.1, 0.15) is 0 Å². The molecule has 1 N–H and O–H groups in total. The van der Waals surface area contributed by atoms with Gasteiger partial charge < -0.3 is 10.1 Å². The molecule has 0 unspecified atom stereocenters. The number of nitrogens with one attached hydrogen (secondary N) is 1. The molecule has 6 heteroatoms. The Labute approximate surface area is 156 Å². The highest BCUT2D eigenvalue weighted by Crippen LogP contribution is 2.21. The molecular formula is C20H17ClN2O3. The number of rotatable bonds is 4. The largest absolute Gasteiger partial charge is 0.449 e. The molecule has 2 aromatic carbocycles. The van der Waals surface area contributed by atoms with Crippen molar-refractivity contribution in [3.05, 3.63) is 70.9 Å². The lowest BCUT2D eigenvalue weighted by Crippen LogP contribution is -2.30. The fraction of sp³-hybridized carbons (Fsp3) is 0.150. The van der Waals surface area contributed by atoms with Crippen molar-refractivity contribution in [2.45, 2.75) is 20.0 Å². The summed E-state index contributed by atoms with van der Waals surface area (Å²) in [7, 11) is 0. The SMILES string of the molecule is Cc1ccc(Cl)cc1NC(=O)[C@@H](C)OC(=O)c1cccc2cccnc12. The number of hydrogen-bond donors (Lipinski definition) is 1. The number of esters is 1. The standard InChI is InChI=1S/C20H17ClN2O3/c1-12-8-9-15(21)11-17(12)23-19(24)13(2)26-20(25)16-7-3-5-14-6-4-10-22-18(14)16/h3-11,13H,1-2H3,(H,23,24)/t13-/m1/s1. The van der Waals surface area contributed by atoms with Gasteiger partial charge in [-0.15, -0.1) is 0 Å². The number of aryl methyl sites for hydroxylation is 1. The average molecular weight is 369 g/mol. The van der Waals surface area contributed by atoms with Crippen LogP contribution in [0.3, 0.4) is 0 Å². The van der Waals surface area contributed by atoms with Gasteiger partial charge in [-0.05, 0) is 43.7 Å². The van der Waals surface area contributed by atoms with E-state index in [1.54, 1.807) is 42.6 Å². The quantitative estimate of drug-likeness (QED) is 0.694. The first-order valence-electron chi connectivity index (χ1n) is 8.07. The summed E-state index contributed by atoms with van der Waals surface area (Å²) in [5, 5.41) is 4.07. The number of carbonyl (C=O) groups is 2. The van der Waals surface area contributed by atoms with E-state index in [0.717, 1.165) is 10.9 Å². The van der Waals surface area contributed by atoms with E-state index in [1.165, 1.54) is 6.92 Å². The molecule has 0 aliphatic rings. The van der Waals surface area contributed by atoms with Gasteiger partial charge in [-0.1, -0.05) is 35.9 Å². The zero-order valence-electron chi connectivity index (χ0n) is 14.3. The predicted molar refractivity (Wildman–Crippen MR) is 101 cm³/mol. The highest BCUT2D eigenvalue weighted by molar-refractivity contribution is 6.31. The van der Waals surface area contributed by atoms with Gasteiger partial charge in [-0.2, -0.15) is 0 Å². The fourth-order valence-electron chi connectivity index (χ4n) is 2.51. The Hall–Kier alpha value is -2.92. The lowest BCUT2D eigenvalue weighted by molar-refractivity contribution is -0.123. The number of ether oxygens (including phenoxy) is 1. The van der Waals surface area contributed by atoms with E-state index >= 15 is 0 Å². The molecule has 0 saturated heterocycles. The highest BCUT2D eigenvalue weighted by Gasteiger charge is 2.21. The Bertz CT molecular complexity index is 982. The summed E-state index contributed by atoms with van der Waals surface area (Å²) in [4.78, 5) is 29.1. The summed E-state index contributed by atoms with van der Waals surface area (Å²) in [6, 6.07) is 14.1. The highest BCUT2D eigenvalue weighted by atomic mass is 35.5. The van der Waals surface area contributed by atoms with Gasteiger partial charge in [-0.3, -0.25) is 9.78 Å². The molecule has 0 spiro atoms. The minimum atomic E-state index is -0.972. The second-order valence-corrected chi connectivity index (χ2v) is 6.31. The maximum absolute atomic E-state index is 12.5. The Morgan fingerprint density at radius 2 is 1.92 bits per heavy atom. The Balaban J connectivity index is 1.74. The Morgan fingerprint density at radius 1 is 1.15 bits per heavy atom. The minimum absolute atomic E-state index is 0.321. The lowest BCUT2D eigenvalue weighted by Gasteiger charge is -2.15. The van der Waals surface area contributed by atoms with E-state index < -0.39 is 18.0 Å². The molecule has 3 rings (SSSR count). The third kappa shape index (κ3) is 3.83. The van der Waals surface area contributed by atoms with Crippen LogP contribution in [-0.4, -0.2) is 23.0 Å². The summed E-state index contributed by atoms with van der Waals surface area (Å²) in [5.41, 5.74) is 2.30. The second kappa shape index (κ2) is 7.54. The van der Waals surface area contributed by atoms with E-state index in [4.69, 9.17) is 16.3 Å². The van der Waals surface area contributed by atoms with Gasteiger partial charge in [0.05, 0.1) is 11.1 Å². The molecule has 0 aliphatic heterocycles. The molecule has 1 amide bonds. The number of benzene rings is 2. The molecule has 0 aliphatic carbocycles. The Kier molecular flexibility index (Phi) is 5.19. The number of carbonyl (C=O) groups excluding carboxylic acids is 2. The van der Waals surface area contributed by atoms with E-state index in [1.807, 2.05) is 19.1 Å². The van der Waals surface area contributed by atoms with Crippen LogP contribution in [0, 0.1) is 6.92 Å². The number of halogens is 1. The summed E-state index contributed by atoms with van der Waals surface area (Å²) in [6.07, 6.45) is 0.636. The van der Waals surface area contributed by atoms with Crippen molar-refractivity contribution in [2.24, 2.45) is 0 Å². The van der Waals surface area contributed by atoms with Crippen LogP contribution in [0.15, 0.2) is 54.7 Å². The van der Waals surface area contributed by atoms with Crippen molar-refractivity contribution >= 4 is 40.1 Å². The molecule has 1 aromatic heterocycles. The molecule has 0 radical (unpaired) electrons. The number of pyridine rings is 1. The number of aromatic nitrogens is 1. The van der Waals surface area contributed by atoms with Crippen molar-refractivity contribution < 1.29 is 14.3 Å². The first-order chi connectivity index (χ1) is 12.5. The molecule has 1 heterocycles. The topological polar surface area (TPSA) is 68.3 Å². The zero-order valence-corrected chi connectivity index (χ0v) is 15.1. The first-order valence-corrected chi connectivity index (χ1v) is 8.45. The molecule has 0 saturated carbocycles. The van der Waals surface area contributed by atoms with Crippen LogP contribution in [-0.2, 0) is 9.53 Å². The maximum Gasteiger partial charge on any atom is 0.341 e. The van der Waals surface area contributed by atoms with Gasteiger partial charge >= 0.3 is 5.97 Å². The zero-order chi connectivity index (χ0) is 18.7. The monoisotopic (exact) mass is 368 g/mol. The number of hydrogen-bond acceptors (Lipinski definition) is 4. The number of para-hydroxylation sites is 1. The molecule has 1 atom stereocenters. The number of fused-ring (bicyclic) bond motifs is 1. The van der Waals surface area contributed by atoms with E-state index in [2.05, 4.69) is 10.3 Å². The van der Waals surface area contributed by atoms with Gasteiger partial charge in [0.15, 0.2) is 6.10 Å². The number of amides is 1. The summed E-state index contributed by atoms with van der Waals surface area (Å²) < 4.78 is 5.32. The van der Waals surface area contributed by atoms with Crippen LogP contribution in [0.5, 0.6) is 0 Å². The molecule has 5 nitrogen and oxygen atoms in total. The number of anilines is 1. The van der Waals surface area contributed by atoms with Gasteiger partial charge in [0.2, 0.25) is 0 Å². The van der Waals surface area contributed by atoms with Crippen molar-refractivity contribution in [3.63, 3.8) is 0 Å². The van der Waals surface area contributed by atoms with E-state index in [0.29, 0.717) is 21.8 Å². The second-order valence-electron chi connectivity index (χ2n) is 5.88. The van der Waals surface area contributed by atoms with Crippen LogP contribution in [0.1, 0.15) is 22.8 Å². The predicted octanol–water partition coefficient (Wildman–Crippen LogP) is 4.38. The minimum Gasteiger partial charge on any atom is -0.449 e. The van der Waals surface area contributed by atoms with Crippen molar-refractivity contribution in [1.29, 1.82) is 0 Å². The molecule has 0 bridgehead atoms. The molecule has 26 heavy (non-hydrogen) atoms. The first kappa shape index (κ1) is 17.9. The van der Waals surface area contributed by atoms with Crippen molar-refractivity contribution in [3.8, 4) is 0 Å². The van der Waals surface area contributed by atoms with Gasteiger partial charge in [0.25, 0.3) is 5.91 Å². The van der Waals surface area contributed by atoms with Crippen molar-refractivity contribution in [1.82, 2.24) is 4.98 Å². The molecule has 132 valence electrons. The molecular weight excluding hydrogens is 352 g/mol. The van der Waals surface area contributed by atoms with Crippen molar-refractivity contribution in [2.75, 3.05) is 5.32 Å². The number of nitrogens with zero attached hydrogens (tertiary/aromatic N) is 1. The summed E-state index contributed by atoms with van der Waals surface area (Å²) in [5.74, 6) is -1.03. The van der Waals surface area contributed by atoms with Gasteiger partial charge in [0, 0.05) is 22.3 Å². The third-order valence-electron chi connectivity index (χ3n) is 3.96. The Morgan fingerprint density at radius 3 is 2.73 bits per heavy atom.